The van der Waals surface area contributed by atoms with Gasteiger partial charge in [-0.15, -0.1) is 10.2 Å². The molecule has 0 fully saturated rings. The van der Waals surface area contributed by atoms with Crippen LogP contribution in [0.5, 0.6) is 0 Å². The summed E-state index contributed by atoms with van der Waals surface area (Å²) in [4.78, 5) is 27.5. The maximum Gasteiger partial charge on any atom is 0.221 e. The van der Waals surface area contributed by atoms with Crippen LogP contribution >= 0.6 is 0 Å². The molecule has 0 aliphatic carbocycles. The molecule has 1 atom stereocenters. The number of hydrogen-bond donors (Lipinski definition) is 1. The van der Waals surface area contributed by atoms with Crippen LogP contribution in [0.1, 0.15) is 51.8 Å². The van der Waals surface area contributed by atoms with E-state index in [1.807, 2.05) is 17.6 Å². The number of hydrogen-bond acceptors (Lipinski definition) is 7. The van der Waals surface area contributed by atoms with E-state index >= 15 is 0 Å². The Bertz CT molecular complexity index is 1070. The van der Waals surface area contributed by atoms with Gasteiger partial charge >= 0.3 is 0 Å². The van der Waals surface area contributed by atoms with Crippen LogP contribution in [0.2, 0.25) is 0 Å². The lowest BCUT2D eigenvalue weighted by atomic mass is 10.1. The van der Waals surface area contributed by atoms with E-state index in [9.17, 15) is 4.79 Å². The Morgan fingerprint density at radius 2 is 2.07 bits per heavy atom. The van der Waals surface area contributed by atoms with E-state index in [0.717, 1.165) is 35.1 Å². The SMILES string of the molecule is CC[C@@H]1c2nnc(C)n2-c2cnc(-c3ccncc3NC(C)=O)nc2N1C(C)C. The summed E-state index contributed by atoms with van der Waals surface area (Å²) in [5.74, 6) is 2.91. The third-order valence-electron chi connectivity index (χ3n) is 5.03. The number of amides is 1. The van der Waals surface area contributed by atoms with Gasteiger partial charge in [-0.05, 0) is 33.3 Å². The van der Waals surface area contributed by atoms with Crippen LogP contribution in [0.3, 0.4) is 0 Å². The third-order valence-corrected chi connectivity index (χ3v) is 5.03. The van der Waals surface area contributed by atoms with Crippen LogP contribution in [0.4, 0.5) is 11.5 Å². The predicted molar refractivity (Wildman–Crippen MR) is 110 cm³/mol. The van der Waals surface area contributed by atoms with Crippen molar-refractivity contribution in [3.63, 3.8) is 0 Å². The molecule has 0 saturated carbocycles. The minimum Gasteiger partial charge on any atom is -0.342 e. The van der Waals surface area contributed by atoms with Crippen LogP contribution in [0.25, 0.3) is 17.1 Å². The molecule has 0 aromatic carbocycles. The van der Waals surface area contributed by atoms with Crippen molar-refractivity contribution < 1.29 is 4.79 Å². The van der Waals surface area contributed by atoms with Crippen molar-refractivity contribution in [3.8, 4) is 17.1 Å². The summed E-state index contributed by atoms with van der Waals surface area (Å²) in [5.41, 5.74) is 2.17. The highest BCUT2D eigenvalue weighted by Gasteiger charge is 2.36. The van der Waals surface area contributed by atoms with Crippen molar-refractivity contribution in [2.45, 2.75) is 53.1 Å². The van der Waals surface area contributed by atoms with Crippen molar-refractivity contribution >= 4 is 17.4 Å². The monoisotopic (exact) mass is 392 g/mol. The molecule has 0 radical (unpaired) electrons. The molecule has 1 N–H and O–H groups in total. The highest BCUT2D eigenvalue weighted by molar-refractivity contribution is 5.93. The minimum absolute atomic E-state index is 0.0682. The van der Waals surface area contributed by atoms with Gasteiger partial charge in [0.15, 0.2) is 17.5 Å². The van der Waals surface area contributed by atoms with Gasteiger partial charge in [0, 0.05) is 24.7 Å². The standard InChI is InChI=1S/C20H24N8O/c1-6-16-20-26-25-12(4)28(20)17-10-22-18(24-19(17)27(16)11(2)3)14-7-8-21-9-15(14)23-13(5)29/h7-11,16H,6H2,1-5H3,(H,23,29)/t16-/m1/s1. The second-order valence-electron chi connectivity index (χ2n) is 7.37. The first-order valence-corrected chi connectivity index (χ1v) is 9.72. The fourth-order valence-corrected chi connectivity index (χ4v) is 3.87. The lowest BCUT2D eigenvalue weighted by Gasteiger charge is -2.39. The minimum atomic E-state index is -0.170. The van der Waals surface area contributed by atoms with Gasteiger partial charge in [-0.2, -0.15) is 0 Å². The van der Waals surface area contributed by atoms with Crippen LogP contribution in [-0.4, -0.2) is 41.7 Å². The van der Waals surface area contributed by atoms with Crippen LogP contribution in [-0.2, 0) is 4.79 Å². The molecule has 0 spiro atoms. The number of aromatic nitrogens is 6. The van der Waals surface area contributed by atoms with E-state index < -0.39 is 0 Å². The average molecular weight is 392 g/mol. The van der Waals surface area contributed by atoms with Crippen molar-refractivity contribution in [3.05, 3.63) is 36.3 Å². The molecular formula is C20H24N8O. The highest BCUT2D eigenvalue weighted by atomic mass is 16.1. The maximum absolute atomic E-state index is 11.6. The molecule has 3 aromatic rings. The molecule has 1 aliphatic heterocycles. The van der Waals surface area contributed by atoms with Crippen LogP contribution in [0.15, 0.2) is 24.7 Å². The summed E-state index contributed by atoms with van der Waals surface area (Å²) < 4.78 is 2.04. The van der Waals surface area contributed by atoms with Gasteiger partial charge in [0.25, 0.3) is 0 Å². The Balaban J connectivity index is 1.92. The molecule has 9 heteroatoms. The van der Waals surface area contributed by atoms with E-state index in [0.29, 0.717) is 11.5 Å². The zero-order valence-electron chi connectivity index (χ0n) is 17.2. The molecule has 3 aromatic heterocycles. The second-order valence-corrected chi connectivity index (χ2v) is 7.37. The van der Waals surface area contributed by atoms with Gasteiger partial charge in [0.05, 0.1) is 24.1 Å². The van der Waals surface area contributed by atoms with E-state index in [1.54, 1.807) is 18.6 Å². The first-order valence-electron chi connectivity index (χ1n) is 9.72. The zero-order valence-corrected chi connectivity index (χ0v) is 17.2. The molecular weight excluding hydrogens is 368 g/mol. The summed E-state index contributed by atoms with van der Waals surface area (Å²) >= 11 is 0. The first kappa shape index (κ1) is 19.0. The van der Waals surface area contributed by atoms with E-state index in [1.165, 1.54) is 6.92 Å². The van der Waals surface area contributed by atoms with Crippen molar-refractivity contribution in [2.24, 2.45) is 0 Å². The molecule has 0 bridgehead atoms. The Labute approximate surface area is 169 Å². The molecule has 0 saturated heterocycles. The van der Waals surface area contributed by atoms with Gasteiger partial charge in [0.2, 0.25) is 5.91 Å². The Morgan fingerprint density at radius 1 is 1.28 bits per heavy atom. The Hall–Kier alpha value is -3.36. The lowest BCUT2D eigenvalue weighted by molar-refractivity contribution is -0.114. The lowest BCUT2D eigenvalue weighted by Crippen LogP contribution is -2.40. The molecule has 4 rings (SSSR count). The molecule has 1 aliphatic rings. The normalized spacial score (nSPS) is 15.2. The van der Waals surface area contributed by atoms with E-state index in [-0.39, 0.29) is 18.0 Å². The average Bonchev–Trinajstić information content (AvgIpc) is 3.08. The maximum atomic E-state index is 11.6. The Kier molecular flexibility index (Phi) is 4.73. The highest BCUT2D eigenvalue weighted by Crippen LogP contribution is 2.40. The van der Waals surface area contributed by atoms with Crippen molar-refractivity contribution in [2.75, 3.05) is 10.2 Å². The van der Waals surface area contributed by atoms with Gasteiger partial charge in [-0.3, -0.25) is 14.3 Å². The van der Waals surface area contributed by atoms with E-state index in [2.05, 4.69) is 51.2 Å². The number of nitrogens with one attached hydrogen (secondary N) is 1. The van der Waals surface area contributed by atoms with Gasteiger partial charge in [0.1, 0.15) is 11.5 Å². The third kappa shape index (κ3) is 3.12. The first-order chi connectivity index (χ1) is 13.9. The summed E-state index contributed by atoms with van der Waals surface area (Å²) in [6, 6.07) is 2.08. The predicted octanol–water partition coefficient (Wildman–Crippen LogP) is 3.07. The summed E-state index contributed by atoms with van der Waals surface area (Å²) in [6.45, 7) is 9.82. The zero-order chi connectivity index (χ0) is 20.7. The fraction of sp³-hybridized carbons (Fsp3) is 0.400. The quantitative estimate of drug-likeness (QED) is 0.728. The summed E-state index contributed by atoms with van der Waals surface area (Å²) in [6.07, 6.45) is 5.95. The Morgan fingerprint density at radius 3 is 2.76 bits per heavy atom. The molecule has 1 amide bonds. The molecule has 150 valence electrons. The summed E-state index contributed by atoms with van der Waals surface area (Å²) in [7, 11) is 0. The smallest absolute Gasteiger partial charge is 0.221 e. The topological polar surface area (TPSA) is 102 Å². The van der Waals surface area contributed by atoms with Gasteiger partial charge in [-0.25, -0.2) is 9.97 Å². The van der Waals surface area contributed by atoms with Crippen LogP contribution in [0, 0.1) is 6.92 Å². The van der Waals surface area contributed by atoms with Crippen molar-refractivity contribution in [1.29, 1.82) is 0 Å². The molecule has 4 heterocycles. The number of pyridine rings is 1. The number of aryl methyl sites for hydroxylation is 1. The number of carbonyl (C=O) groups excluding carboxylic acids is 1. The van der Waals surface area contributed by atoms with Gasteiger partial charge in [-0.1, -0.05) is 6.92 Å². The van der Waals surface area contributed by atoms with Crippen molar-refractivity contribution in [1.82, 2.24) is 29.7 Å². The fourth-order valence-electron chi connectivity index (χ4n) is 3.87. The molecule has 29 heavy (non-hydrogen) atoms. The number of fused-ring (bicyclic) bond motifs is 3. The number of carbonyl (C=O) groups is 1. The van der Waals surface area contributed by atoms with Gasteiger partial charge < -0.3 is 10.2 Å². The number of nitrogens with zero attached hydrogens (tertiary/aromatic N) is 7. The molecule has 0 unspecified atom stereocenters. The van der Waals surface area contributed by atoms with Crippen LogP contribution < -0.4 is 10.2 Å². The van der Waals surface area contributed by atoms with E-state index in [4.69, 9.17) is 4.98 Å². The number of anilines is 2. The molecule has 9 nitrogen and oxygen atoms in total. The second kappa shape index (κ2) is 7.23. The summed E-state index contributed by atoms with van der Waals surface area (Å²) in [5, 5.41) is 11.5. The largest absolute Gasteiger partial charge is 0.342 e. The number of rotatable bonds is 4.